The van der Waals surface area contributed by atoms with Gasteiger partial charge in [0.1, 0.15) is 6.04 Å². The molecule has 0 radical (unpaired) electrons. The summed E-state index contributed by atoms with van der Waals surface area (Å²) in [7, 11) is -2.35. The highest BCUT2D eigenvalue weighted by atomic mass is 35.5. The van der Waals surface area contributed by atoms with Gasteiger partial charge in [0, 0.05) is 37.6 Å². The summed E-state index contributed by atoms with van der Waals surface area (Å²) in [6.07, 6.45) is 0.962. The minimum absolute atomic E-state index is 0.0432. The van der Waals surface area contributed by atoms with Crippen LogP contribution in [0.25, 0.3) is 0 Å². The van der Waals surface area contributed by atoms with Gasteiger partial charge in [0.2, 0.25) is 21.8 Å². The summed E-state index contributed by atoms with van der Waals surface area (Å²) in [4.78, 5) is 26.6. The number of carbonyl (C=O) groups is 2. The predicted octanol–water partition coefficient (Wildman–Crippen LogP) is 3.33. The van der Waals surface area contributed by atoms with Crippen molar-refractivity contribution in [3.63, 3.8) is 0 Å². The third-order valence-electron chi connectivity index (χ3n) is 5.00. The Morgan fingerprint density at radius 3 is 2.39 bits per heavy atom. The number of halogens is 3. The van der Waals surface area contributed by atoms with Crippen molar-refractivity contribution < 1.29 is 26.8 Å². The zero-order chi connectivity index (χ0) is 24.8. The lowest BCUT2D eigenvalue weighted by molar-refractivity contribution is -0.140. The van der Waals surface area contributed by atoms with Gasteiger partial charge in [-0.3, -0.25) is 13.9 Å². The van der Waals surface area contributed by atoms with Crippen LogP contribution in [0.2, 0.25) is 5.02 Å². The normalized spacial score (nSPS) is 12.2. The summed E-state index contributed by atoms with van der Waals surface area (Å²) in [5.74, 6) is -3.00. The molecule has 0 bridgehead atoms. The molecule has 1 unspecified atom stereocenters. The lowest BCUT2D eigenvalue weighted by Gasteiger charge is -2.29. The molecule has 2 aromatic carbocycles. The Morgan fingerprint density at radius 1 is 1.12 bits per heavy atom. The summed E-state index contributed by atoms with van der Waals surface area (Å²) < 4.78 is 52.2. The van der Waals surface area contributed by atoms with Crippen LogP contribution in [0.15, 0.2) is 42.5 Å². The van der Waals surface area contributed by atoms with Crippen molar-refractivity contribution in [1.29, 1.82) is 0 Å². The first-order valence-electron chi connectivity index (χ1n) is 10.1. The zero-order valence-electron chi connectivity index (χ0n) is 18.5. The monoisotopic (exact) mass is 501 g/mol. The Morgan fingerprint density at radius 2 is 1.82 bits per heavy atom. The van der Waals surface area contributed by atoms with Gasteiger partial charge in [-0.1, -0.05) is 23.7 Å². The maximum absolute atomic E-state index is 13.6. The highest BCUT2D eigenvalue weighted by Gasteiger charge is 2.26. The molecular formula is C22H26ClF2N3O4S. The topological polar surface area (TPSA) is 86.8 Å². The molecular weight excluding hydrogens is 476 g/mol. The standard InChI is InChI=1S/C22H26ClF2N3O4S/c1-15(22(30)26-2)27(14-16-6-4-7-17(23)12-16)21(29)8-5-11-28(33(3,31)32)18-9-10-19(24)20(25)13-18/h4,6-7,9-10,12-13,15H,5,8,11,14H2,1-3H3,(H,26,30). The summed E-state index contributed by atoms with van der Waals surface area (Å²) in [5, 5.41) is 3.00. The van der Waals surface area contributed by atoms with E-state index in [1.807, 2.05) is 0 Å². The molecule has 2 aromatic rings. The number of amides is 2. The van der Waals surface area contributed by atoms with Crippen molar-refractivity contribution in [3.8, 4) is 0 Å². The van der Waals surface area contributed by atoms with E-state index in [1.165, 1.54) is 11.9 Å². The molecule has 0 aliphatic rings. The number of rotatable bonds is 10. The SMILES string of the molecule is CNC(=O)C(C)N(Cc1cccc(Cl)c1)C(=O)CCCN(c1ccc(F)c(F)c1)S(C)(=O)=O. The van der Waals surface area contributed by atoms with Crippen LogP contribution in [-0.4, -0.2) is 51.0 Å². The number of sulfonamides is 1. The number of carbonyl (C=O) groups excluding carboxylic acids is 2. The van der Waals surface area contributed by atoms with E-state index in [4.69, 9.17) is 11.6 Å². The van der Waals surface area contributed by atoms with Crippen LogP contribution in [0.1, 0.15) is 25.3 Å². The summed E-state index contributed by atoms with van der Waals surface area (Å²) >= 11 is 6.02. The second-order valence-corrected chi connectivity index (χ2v) is 9.82. The first-order chi connectivity index (χ1) is 15.4. The molecule has 33 heavy (non-hydrogen) atoms. The van der Waals surface area contributed by atoms with E-state index in [0.29, 0.717) is 5.02 Å². The molecule has 2 rings (SSSR count). The Hall–Kier alpha value is -2.72. The van der Waals surface area contributed by atoms with Crippen molar-refractivity contribution in [2.45, 2.75) is 32.4 Å². The van der Waals surface area contributed by atoms with Crippen LogP contribution in [0.4, 0.5) is 14.5 Å². The van der Waals surface area contributed by atoms with Gasteiger partial charge in [0.05, 0.1) is 11.9 Å². The average molecular weight is 502 g/mol. The average Bonchev–Trinajstić information content (AvgIpc) is 2.75. The smallest absolute Gasteiger partial charge is 0.242 e. The lowest BCUT2D eigenvalue weighted by Crippen LogP contribution is -2.46. The first-order valence-corrected chi connectivity index (χ1v) is 12.3. The van der Waals surface area contributed by atoms with Gasteiger partial charge in [-0.05, 0) is 43.2 Å². The molecule has 2 amide bonds. The highest BCUT2D eigenvalue weighted by Crippen LogP contribution is 2.22. The third kappa shape index (κ3) is 7.40. The highest BCUT2D eigenvalue weighted by molar-refractivity contribution is 7.92. The van der Waals surface area contributed by atoms with E-state index in [-0.39, 0.29) is 43.4 Å². The van der Waals surface area contributed by atoms with Crippen LogP contribution in [0.3, 0.4) is 0 Å². The molecule has 0 aliphatic heterocycles. The fourth-order valence-corrected chi connectivity index (χ4v) is 4.44. The molecule has 0 fully saturated rings. The van der Waals surface area contributed by atoms with Crippen LogP contribution in [-0.2, 0) is 26.2 Å². The van der Waals surface area contributed by atoms with Crippen molar-refractivity contribution in [1.82, 2.24) is 10.2 Å². The Kier molecular flexibility index (Phi) is 9.18. The van der Waals surface area contributed by atoms with Gasteiger partial charge in [0.15, 0.2) is 11.6 Å². The van der Waals surface area contributed by atoms with Gasteiger partial charge in [-0.2, -0.15) is 0 Å². The van der Waals surface area contributed by atoms with Crippen molar-refractivity contribution >= 4 is 39.1 Å². The quantitative estimate of drug-likeness (QED) is 0.541. The minimum Gasteiger partial charge on any atom is -0.357 e. The number of likely N-dealkylation sites (N-methyl/N-ethyl adjacent to an activating group) is 1. The summed E-state index contributed by atoms with van der Waals surface area (Å²) in [6.45, 7) is 1.59. The molecule has 0 aromatic heterocycles. The van der Waals surface area contributed by atoms with E-state index < -0.39 is 27.7 Å². The van der Waals surface area contributed by atoms with Gasteiger partial charge >= 0.3 is 0 Å². The molecule has 11 heteroatoms. The van der Waals surface area contributed by atoms with E-state index in [1.54, 1.807) is 31.2 Å². The first kappa shape index (κ1) is 26.5. The van der Waals surface area contributed by atoms with Gasteiger partial charge in [0.25, 0.3) is 0 Å². The molecule has 0 aliphatic carbocycles. The molecule has 0 saturated heterocycles. The molecule has 0 spiro atoms. The van der Waals surface area contributed by atoms with Gasteiger partial charge < -0.3 is 10.2 Å². The summed E-state index contributed by atoms with van der Waals surface area (Å²) in [5.41, 5.74) is 0.685. The van der Waals surface area contributed by atoms with E-state index in [0.717, 1.165) is 34.3 Å². The molecule has 0 heterocycles. The molecule has 7 nitrogen and oxygen atoms in total. The predicted molar refractivity (Wildman–Crippen MR) is 123 cm³/mol. The summed E-state index contributed by atoms with van der Waals surface area (Å²) in [6, 6.07) is 8.89. The van der Waals surface area contributed by atoms with Crippen LogP contribution >= 0.6 is 11.6 Å². The number of hydrogen-bond donors (Lipinski definition) is 1. The van der Waals surface area contributed by atoms with Gasteiger partial charge in [-0.15, -0.1) is 0 Å². The Balaban J connectivity index is 2.16. The lowest BCUT2D eigenvalue weighted by atomic mass is 10.1. The van der Waals surface area contributed by atoms with Crippen molar-refractivity contribution in [3.05, 3.63) is 64.7 Å². The molecule has 1 N–H and O–H groups in total. The minimum atomic E-state index is -3.81. The molecule has 1 atom stereocenters. The van der Waals surface area contributed by atoms with E-state index in [9.17, 15) is 26.8 Å². The maximum Gasteiger partial charge on any atom is 0.242 e. The van der Waals surface area contributed by atoms with Crippen LogP contribution in [0, 0.1) is 11.6 Å². The van der Waals surface area contributed by atoms with Crippen molar-refractivity contribution in [2.75, 3.05) is 24.2 Å². The third-order valence-corrected chi connectivity index (χ3v) is 6.43. The van der Waals surface area contributed by atoms with Crippen molar-refractivity contribution in [2.24, 2.45) is 0 Å². The fourth-order valence-electron chi connectivity index (χ4n) is 3.27. The fraction of sp³-hybridized carbons (Fsp3) is 0.364. The zero-order valence-corrected chi connectivity index (χ0v) is 20.1. The van der Waals surface area contributed by atoms with E-state index >= 15 is 0 Å². The maximum atomic E-state index is 13.6. The second kappa shape index (κ2) is 11.4. The van der Waals surface area contributed by atoms with E-state index in [2.05, 4.69) is 5.32 Å². The number of benzene rings is 2. The second-order valence-electron chi connectivity index (χ2n) is 7.48. The van der Waals surface area contributed by atoms with Gasteiger partial charge in [-0.25, -0.2) is 17.2 Å². The number of nitrogens with one attached hydrogen (secondary N) is 1. The number of hydrogen-bond acceptors (Lipinski definition) is 4. The van der Waals surface area contributed by atoms with Crippen LogP contribution < -0.4 is 9.62 Å². The number of anilines is 1. The Bertz CT molecular complexity index is 1110. The van der Waals surface area contributed by atoms with Crippen LogP contribution in [0.5, 0.6) is 0 Å². The molecule has 0 saturated carbocycles. The Labute approximate surface area is 197 Å². The largest absolute Gasteiger partial charge is 0.357 e. The number of nitrogens with zero attached hydrogens (tertiary/aromatic N) is 2. The molecule has 180 valence electrons.